The van der Waals surface area contributed by atoms with Crippen LogP contribution in [-0.4, -0.2) is 40.5 Å². The number of phenols is 1. The van der Waals surface area contributed by atoms with Gasteiger partial charge in [0.25, 0.3) is 5.91 Å². The van der Waals surface area contributed by atoms with E-state index >= 15 is 0 Å². The molecule has 0 aromatic heterocycles. The van der Waals surface area contributed by atoms with Gasteiger partial charge in [0.15, 0.2) is 22.4 Å². The van der Waals surface area contributed by atoms with Crippen molar-refractivity contribution in [2.24, 2.45) is 4.99 Å². The van der Waals surface area contributed by atoms with Gasteiger partial charge in [-0.05, 0) is 73.6 Å². The van der Waals surface area contributed by atoms with Crippen LogP contribution < -0.4 is 4.74 Å². The number of ketones is 1. The van der Waals surface area contributed by atoms with Gasteiger partial charge in [-0.2, -0.15) is 0 Å². The highest BCUT2D eigenvalue weighted by Crippen LogP contribution is 2.34. The van der Waals surface area contributed by atoms with Gasteiger partial charge >= 0.3 is 0 Å². The Balaban J connectivity index is 1.85. The van der Waals surface area contributed by atoms with Crippen molar-refractivity contribution in [1.82, 2.24) is 4.90 Å². The lowest BCUT2D eigenvalue weighted by Crippen LogP contribution is -2.23. The van der Waals surface area contributed by atoms with Crippen LogP contribution in [0.4, 0.5) is 5.69 Å². The van der Waals surface area contributed by atoms with Crippen LogP contribution in [0.25, 0.3) is 6.08 Å². The van der Waals surface area contributed by atoms with Crippen LogP contribution in [0.1, 0.15) is 29.8 Å². The van der Waals surface area contributed by atoms with Gasteiger partial charge in [-0.25, -0.2) is 4.99 Å². The molecule has 2 aromatic carbocycles. The molecule has 3 rings (SSSR count). The number of carbonyl (C=O) groups is 2. The summed E-state index contributed by atoms with van der Waals surface area (Å²) in [6.07, 6.45) is 1.74. The van der Waals surface area contributed by atoms with Gasteiger partial charge in [-0.3, -0.25) is 14.5 Å². The molecule has 0 radical (unpaired) electrons. The molecule has 28 heavy (non-hydrogen) atoms. The van der Waals surface area contributed by atoms with Crippen molar-refractivity contribution in [3.05, 3.63) is 58.5 Å². The van der Waals surface area contributed by atoms with Crippen LogP contribution in [0, 0.1) is 0 Å². The SMILES string of the molecule is CCOc1cc(/C=C2\S/C(=N/c3ccc(C(C)=O)cc3)N(C)C2=O)ccc1O. The molecular formula is C21H20N2O4S. The molecule has 1 heterocycles. The summed E-state index contributed by atoms with van der Waals surface area (Å²) in [5.41, 5.74) is 2.03. The fourth-order valence-electron chi connectivity index (χ4n) is 2.58. The lowest BCUT2D eigenvalue weighted by Gasteiger charge is -2.07. The second-order valence-electron chi connectivity index (χ2n) is 6.13. The number of likely N-dealkylation sites (N-methyl/N-ethyl adjacent to an activating group) is 1. The molecule has 1 aliphatic heterocycles. The molecule has 0 atom stereocenters. The van der Waals surface area contributed by atoms with Gasteiger partial charge in [-0.15, -0.1) is 0 Å². The summed E-state index contributed by atoms with van der Waals surface area (Å²) >= 11 is 1.27. The first kappa shape index (κ1) is 19.7. The maximum atomic E-state index is 12.6. The number of aromatic hydroxyl groups is 1. The van der Waals surface area contributed by atoms with E-state index in [1.54, 1.807) is 49.5 Å². The second-order valence-corrected chi connectivity index (χ2v) is 7.14. The van der Waals surface area contributed by atoms with Crippen molar-refractivity contribution < 1.29 is 19.4 Å². The van der Waals surface area contributed by atoms with Crippen LogP contribution in [0.5, 0.6) is 11.5 Å². The Bertz CT molecular complexity index is 980. The van der Waals surface area contributed by atoms with Gasteiger partial charge in [0.05, 0.1) is 17.2 Å². The summed E-state index contributed by atoms with van der Waals surface area (Å²) in [7, 11) is 1.67. The maximum Gasteiger partial charge on any atom is 0.266 e. The van der Waals surface area contributed by atoms with E-state index in [2.05, 4.69) is 4.99 Å². The van der Waals surface area contributed by atoms with Crippen LogP contribution >= 0.6 is 11.8 Å². The highest BCUT2D eigenvalue weighted by atomic mass is 32.2. The number of amidine groups is 1. The van der Waals surface area contributed by atoms with Gasteiger partial charge < -0.3 is 9.84 Å². The predicted octanol–water partition coefficient (Wildman–Crippen LogP) is 4.23. The average Bonchev–Trinajstić information content (AvgIpc) is 2.93. The zero-order chi connectivity index (χ0) is 20.3. The highest BCUT2D eigenvalue weighted by molar-refractivity contribution is 8.18. The van der Waals surface area contributed by atoms with E-state index in [0.29, 0.717) is 33.7 Å². The minimum absolute atomic E-state index is 0.00715. The summed E-state index contributed by atoms with van der Waals surface area (Å²) < 4.78 is 5.39. The largest absolute Gasteiger partial charge is 0.504 e. The Morgan fingerprint density at radius 3 is 2.61 bits per heavy atom. The third-order valence-electron chi connectivity index (χ3n) is 4.08. The standard InChI is InChI=1S/C21H20N2O4S/c1-4-27-18-11-14(5-10-17(18)25)12-19-20(26)23(3)21(28-19)22-16-8-6-15(7-9-16)13(2)24/h5-12,25H,4H2,1-3H3/b19-12-,22-21+. The molecule has 1 fully saturated rings. The first-order valence-electron chi connectivity index (χ1n) is 8.72. The fraction of sp³-hybridized carbons (Fsp3) is 0.190. The predicted molar refractivity (Wildman–Crippen MR) is 111 cm³/mol. The van der Waals surface area contributed by atoms with E-state index in [9.17, 15) is 14.7 Å². The molecule has 1 N–H and O–H groups in total. The number of hydrogen-bond donors (Lipinski definition) is 1. The number of carbonyl (C=O) groups excluding carboxylic acids is 2. The number of phenolic OH excluding ortho intramolecular Hbond substituents is 1. The van der Waals surface area contributed by atoms with Gasteiger partial charge in [0.2, 0.25) is 0 Å². The average molecular weight is 396 g/mol. The van der Waals surface area contributed by atoms with Gasteiger partial charge in [0, 0.05) is 12.6 Å². The molecule has 2 aromatic rings. The molecule has 0 bridgehead atoms. The van der Waals surface area contributed by atoms with Crippen molar-refractivity contribution in [1.29, 1.82) is 0 Å². The molecule has 0 spiro atoms. The van der Waals surface area contributed by atoms with E-state index in [0.717, 1.165) is 5.56 Å². The first-order valence-corrected chi connectivity index (χ1v) is 9.53. The van der Waals surface area contributed by atoms with Crippen LogP contribution in [0.2, 0.25) is 0 Å². The number of thioether (sulfide) groups is 1. The van der Waals surface area contributed by atoms with Crippen LogP contribution in [0.15, 0.2) is 52.4 Å². The summed E-state index contributed by atoms with van der Waals surface area (Å²) in [4.78, 5) is 30.5. The quantitative estimate of drug-likeness (QED) is 0.604. The van der Waals surface area contributed by atoms with Crippen molar-refractivity contribution in [2.45, 2.75) is 13.8 Å². The molecule has 1 saturated heterocycles. The topological polar surface area (TPSA) is 79.2 Å². The monoisotopic (exact) mass is 396 g/mol. The van der Waals surface area contributed by atoms with Crippen molar-refractivity contribution in [2.75, 3.05) is 13.7 Å². The number of benzene rings is 2. The molecule has 144 valence electrons. The number of amides is 1. The normalized spacial score (nSPS) is 16.8. The summed E-state index contributed by atoms with van der Waals surface area (Å²) in [6, 6.07) is 11.9. The maximum absolute atomic E-state index is 12.6. The summed E-state index contributed by atoms with van der Waals surface area (Å²) in [6.45, 7) is 3.78. The van der Waals surface area contributed by atoms with Crippen molar-refractivity contribution >= 4 is 40.4 Å². The molecule has 0 unspecified atom stereocenters. The summed E-state index contributed by atoms with van der Waals surface area (Å²) in [5, 5.41) is 10.4. The number of Topliss-reactive ketones (excluding diaryl/α,β-unsaturated/α-hetero) is 1. The molecule has 0 saturated carbocycles. The Morgan fingerprint density at radius 1 is 1.25 bits per heavy atom. The number of ether oxygens (including phenoxy) is 1. The number of hydrogen-bond acceptors (Lipinski definition) is 6. The van der Waals surface area contributed by atoms with E-state index in [4.69, 9.17) is 4.74 Å². The minimum atomic E-state index is -0.157. The number of aliphatic imine (C=N–C) groups is 1. The number of nitrogens with zero attached hydrogens (tertiary/aromatic N) is 2. The van der Waals surface area contributed by atoms with E-state index in [1.165, 1.54) is 29.7 Å². The zero-order valence-electron chi connectivity index (χ0n) is 15.8. The van der Waals surface area contributed by atoms with Gasteiger partial charge in [-0.1, -0.05) is 6.07 Å². The minimum Gasteiger partial charge on any atom is -0.504 e. The van der Waals surface area contributed by atoms with Crippen LogP contribution in [-0.2, 0) is 4.79 Å². The first-order chi connectivity index (χ1) is 13.4. The van der Waals surface area contributed by atoms with Crippen LogP contribution in [0.3, 0.4) is 0 Å². The van der Waals surface area contributed by atoms with Crippen molar-refractivity contribution in [3.63, 3.8) is 0 Å². The second kappa shape index (κ2) is 8.31. The molecule has 1 amide bonds. The molecule has 7 heteroatoms. The molecule has 1 aliphatic rings. The Hall–Kier alpha value is -3.06. The Kier molecular flexibility index (Phi) is 5.84. The molecule has 0 aliphatic carbocycles. The lowest BCUT2D eigenvalue weighted by molar-refractivity contribution is -0.121. The Labute approximate surface area is 167 Å². The van der Waals surface area contributed by atoms with Crippen molar-refractivity contribution in [3.8, 4) is 11.5 Å². The molecule has 6 nitrogen and oxygen atoms in total. The fourth-order valence-corrected chi connectivity index (χ4v) is 3.56. The lowest BCUT2D eigenvalue weighted by atomic mass is 10.1. The summed E-state index contributed by atoms with van der Waals surface area (Å²) in [5.74, 6) is 0.269. The number of rotatable bonds is 5. The van der Waals surface area contributed by atoms with Gasteiger partial charge in [0.1, 0.15) is 0 Å². The highest BCUT2D eigenvalue weighted by Gasteiger charge is 2.30. The smallest absolute Gasteiger partial charge is 0.266 e. The van der Waals surface area contributed by atoms with E-state index in [1.807, 2.05) is 6.92 Å². The third kappa shape index (κ3) is 4.26. The van der Waals surface area contributed by atoms with E-state index < -0.39 is 0 Å². The Morgan fingerprint density at radius 2 is 1.96 bits per heavy atom. The van der Waals surface area contributed by atoms with E-state index in [-0.39, 0.29) is 17.4 Å². The zero-order valence-corrected chi connectivity index (χ0v) is 16.6. The molecular weight excluding hydrogens is 376 g/mol. The third-order valence-corrected chi connectivity index (χ3v) is 5.14.